The van der Waals surface area contributed by atoms with Crippen molar-refractivity contribution in [3.05, 3.63) is 65.0 Å². The zero-order valence-corrected chi connectivity index (χ0v) is 16.9. The van der Waals surface area contributed by atoms with E-state index in [1.807, 2.05) is 31.2 Å². The van der Waals surface area contributed by atoms with Crippen molar-refractivity contribution in [3.8, 4) is 11.4 Å². The predicted molar refractivity (Wildman–Crippen MR) is 107 cm³/mol. The Morgan fingerprint density at radius 2 is 1.96 bits per heavy atom. The number of aromatic nitrogens is 2. The second-order valence-electron chi connectivity index (χ2n) is 6.98. The van der Waals surface area contributed by atoms with Gasteiger partial charge in [0.1, 0.15) is 0 Å². The van der Waals surface area contributed by atoms with E-state index in [9.17, 15) is 8.42 Å². The summed E-state index contributed by atoms with van der Waals surface area (Å²) >= 11 is 5.97. The van der Waals surface area contributed by atoms with Gasteiger partial charge >= 0.3 is 0 Å². The van der Waals surface area contributed by atoms with Crippen LogP contribution in [0.1, 0.15) is 30.2 Å². The highest BCUT2D eigenvalue weighted by Gasteiger charge is 2.33. The van der Waals surface area contributed by atoms with Crippen LogP contribution in [0.25, 0.3) is 11.4 Å². The molecule has 1 fully saturated rings. The normalized spacial score (nSPS) is 18.3. The van der Waals surface area contributed by atoms with Gasteiger partial charge in [-0.2, -0.15) is 9.29 Å². The topological polar surface area (TPSA) is 76.3 Å². The lowest BCUT2D eigenvalue weighted by atomic mass is 10.00. The second kappa shape index (κ2) is 7.66. The number of benzene rings is 2. The molecule has 8 heteroatoms. The molecule has 28 heavy (non-hydrogen) atoms. The number of piperidine rings is 1. The van der Waals surface area contributed by atoms with Crippen LogP contribution in [-0.2, 0) is 10.0 Å². The summed E-state index contributed by atoms with van der Waals surface area (Å²) in [5, 5.41) is 4.47. The highest BCUT2D eigenvalue weighted by Crippen LogP contribution is 2.31. The van der Waals surface area contributed by atoms with E-state index in [0.29, 0.717) is 29.8 Å². The molecule has 3 aromatic rings. The lowest BCUT2D eigenvalue weighted by molar-refractivity contribution is 0.265. The molecule has 0 aliphatic carbocycles. The number of hydrogen-bond acceptors (Lipinski definition) is 5. The molecule has 1 saturated heterocycles. The molecule has 2 aromatic carbocycles. The Labute approximate surface area is 169 Å². The van der Waals surface area contributed by atoms with Crippen LogP contribution < -0.4 is 0 Å². The van der Waals surface area contributed by atoms with Gasteiger partial charge in [0.25, 0.3) is 0 Å². The SMILES string of the molecule is Cc1ccc(-c2noc([C@@H]3CCCN(S(=O)(=O)c4cccc(Cl)c4)C3)n2)cc1. The minimum atomic E-state index is -3.62. The number of rotatable bonds is 4. The van der Waals surface area contributed by atoms with Crippen molar-refractivity contribution >= 4 is 21.6 Å². The monoisotopic (exact) mass is 417 g/mol. The van der Waals surface area contributed by atoms with Crippen molar-refractivity contribution < 1.29 is 12.9 Å². The zero-order chi connectivity index (χ0) is 19.7. The highest BCUT2D eigenvalue weighted by molar-refractivity contribution is 7.89. The second-order valence-corrected chi connectivity index (χ2v) is 9.36. The minimum Gasteiger partial charge on any atom is -0.339 e. The number of halogens is 1. The highest BCUT2D eigenvalue weighted by atomic mass is 35.5. The van der Waals surface area contributed by atoms with Gasteiger partial charge in [-0.3, -0.25) is 0 Å². The third kappa shape index (κ3) is 3.83. The number of nitrogens with zero attached hydrogens (tertiary/aromatic N) is 3. The van der Waals surface area contributed by atoms with Crippen molar-refractivity contribution in [2.45, 2.75) is 30.6 Å². The molecule has 0 spiro atoms. The van der Waals surface area contributed by atoms with Gasteiger partial charge in [-0.05, 0) is 38.0 Å². The van der Waals surface area contributed by atoms with Crippen LogP contribution >= 0.6 is 11.6 Å². The van der Waals surface area contributed by atoms with Gasteiger partial charge in [-0.15, -0.1) is 0 Å². The van der Waals surface area contributed by atoms with Gasteiger partial charge in [-0.25, -0.2) is 8.42 Å². The summed E-state index contributed by atoms with van der Waals surface area (Å²) in [4.78, 5) is 4.72. The van der Waals surface area contributed by atoms with Gasteiger partial charge < -0.3 is 4.52 Å². The summed E-state index contributed by atoms with van der Waals surface area (Å²) in [6.45, 7) is 2.79. The lowest BCUT2D eigenvalue weighted by Gasteiger charge is -2.30. The van der Waals surface area contributed by atoms with E-state index < -0.39 is 10.0 Å². The first kappa shape index (κ1) is 19.1. The van der Waals surface area contributed by atoms with E-state index in [2.05, 4.69) is 10.1 Å². The molecule has 0 saturated carbocycles. The van der Waals surface area contributed by atoms with Gasteiger partial charge in [-0.1, -0.05) is 52.7 Å². The number of aryl methyl sites for hydroxylation is 1. The first-order valence-electron chi connectivity index (χ1n) is 9.10. The Morgan fingerprint density at radius 3 is 2.71 bits per heavy atom. The van der Waals surface area contributed by atoms with E-state index in [1.165, 1.54) is 10.4 Å². The predicted octanol–water partition coefficient (Wildman–Crippen LogP) is 4.27. The Balaban J connectivity index is 1.55. The van der Waals surface area contributed by atoms with Crippen LogP contribution in [0.15, 0.2) is 57.9 Å². The van der Waals surface area contributed by atoms with Crippen LogP contribution in [0.3, 0.4) is 0 Å². The summed E-state index contributed by atoms with van der Waals surface area (Å²) in [6.07, 6.45) is 1.53. The van der Waals surface area contributed by atoms with E-state index in [0.717, 1.165) is 24.0 Å². The maximum Gasteiger partial charge on any atom is 0.243 e. The molecule has 0 N–H and O–H groups in total. The molecule has 4 rings (SSSR count). The molecule has 146 valence electrons. The molecule has 6 nitrogen and oxygen atoms in total. The Bertz CT molecular complexity index is 1080. The molecule has 2 heterocycles. The largest absolute Gasteiger partial charge is 0.339 e. The molecule has 0 radical (unpaired) electrons. The summed E-state index contributed by atoms with van der Waals surface area (Å²) in [6, 6.07) is 14.2. The van der Waals surface area contributed by atoms with Crippen LogP contribution in [0, 0.1) is 6.92 Å². The Morgan fingerprint density at radius 1 is 1.18 bits per heavy atom. The first-order valence-corrected chi connectivity index (χ1v) is 10.9. The van der Waals surface area contributed by atoms with Crippen LogP contribution in [0.4, 0.5) is 0 Å². The molecule has 0 bridgehead atoms. The zero-order valence-electron chi connectivity index (χ0n) is 15.4. The fraction of sp³-hybridized carbons (Fsp3) is 0.300. The third-order valence-electron chi connectivity index (χ3n) is 4.92. The minimum absolute atomic E-state index is 0.130. The fourth-order valence-electron chi connectivity index (χ4n) is 3.36. The van der Waals surface area contributed by atoms with E-state index in [-0.39, 0.29) is 10.8 Å². The molecule has 1 aliphatic rings. The molecule has 1 aliphatic heterocycles. The summed E-state index contributed by atoms with van der Waals surface area (Å²) in [5.41, 5.74) is 2.03. The standard InChI is InChI=1S/C20H20ClN3O3S/c1-14-7-9-15(10-8-14)19-22-20(27-23-19)16-4-3-11-24(13-16)28(25,26)18-6-2-5-17(21)12-18/h2,5-10,12,16H,3-4,11,13H2,1H3/t16-/m1/s1. The third-order valence-corrected chi connectivity index (χ3v) is 7.01. The number of sulfonamides is 1. The molecular weight excluding hydrogens is 398 g/mol. The van der Waals surface area contributed by atoms with Crippen LogP contribution in [0.5, 0.6) is 0 Å². The lowest BCUT2D eigenvalue weighted by Crippen LogP contribution is -2.39. The molecule has 1 aromatic heterocycles. The van der Waals surface area contributed by atoms with Gasteiger partial charge in [0, 0.05) is 23.7 Å². The Hall–Kier alpha value is -2.22. The quantitative estimate of drug-likeness (QED) is 0.633. The molecular formula is C20H20ClN3O3S. The van der Waals surface area contributed by atoms with E-state index >= 15 is 0 Å². The van der Waals surface area contributed by atoms with Crippen molar-refractivity contribution in [3.63, 3.8) is 0 Å². The average molecular weight is 418 g/mol. The summed E-state index contributed by atoms with van der Waals surface area (Å²) < 4.78 is 32.9. The smallest absolute Gasteiger partial charge is 0.243 e. The maximum atomic E-state index is 13.0. The number of hydrogen-bond donors (Lipinski definition) is 0. The van der Waals surface area contributed by atoms with Crippen LogP contribution in [-0.4, -0.2) is 36.0 Å². The fourth-order valence-corrected chi connectivity index (χ4v) is 5.18. The Kier molecular flexibility index (Phi) is 5.23. The van der Waals surface area contributed by atoms with Gasteiger partial charge in [0.2, 0.25) is 21.7 Å². The first-order chi connectivity index (χ1) is 13.4. The average Bonchev–Trinajstić information content (AvgIpc) is 3.19. The van der Waals surface area contributed by atoms with Gasteiger partial charge in [0.05, 0.1) is 10.8 Å². The molecule has 0 amide bonds. The van der Waals surface area contributed by atoms with Crippen molar-refractivity contribution in [1.29, 1.82) is 0 Å². The van der Waals surface area contributed by atoms with Gasteiger partial charge in [0.15, 0.2) is 0 Å². The summed E-state index contributed by atoms with van der Waals surface area (Å²) in [7, 11) is -3.62. The van der Waals surface area contributed by atoms with Crippen LogP contribution in [0.2, 0.25) is 5.02 Å². The molecule has 1 atom stereocenters. The molecule has 0 unspecified atom stereocenters. The van der Waals surface area contributed by atoms with Crippen molar-refractivity contribution in [2.24, 2.45) is 0 Å². The van der Waals surface area contributed by atoms with Crippen molar-refractivity contribution in [2.75, 3.05) is 13.1 Å². The van der Waals surface area contributed by atoms with Crippen molar-refractivity contribution in [1.82, 2.24) is 14.4 Å². The maximum absolute atomic E-state index is 13.0. The van der Waals surface area contributed by atoms with E-state index in [1.54, 1.807) is 18.2 Å². The summed E-state index contributed by atoms with van der Waals surface area (Å²) in [5.74, 6) is 0.862. The van der Waals surface area contributed by atoms with E-state index in [4.69, 9.17) is 16.1 Å².